The molecule has 6 heterocycles. The number of aromatic hydroxyl groups is 1. The molecular formula is C41H56N8O5. The van der Waals surface area contributed by atoms with E-state index < -0.39 is 5.60 Å². The van der Waals surface area contributed by atoms with Crippen LogP contribution >= 0.6 is 0 Å². The number of nitrogens with two attached hydrogens (primary N) is 1. The van der Waals surface area contributed by atoms with Crippen LogP contribution in [0.4, 0.5) is 22.0 Å². The zero-order valence-electron chi connectivity index (χ0n) is 32.0. The van der Waals surface area contributed by atoms with Gasteiger partial charge in [0.05, 0.1) is 23.6 Å². The molecule has 1 aliphatic carbocycles. The number of phenols is 1. The number of nitrogens with zero attached hydrogens (tertiary/aromatic N) is 7. The van der Waals surface area contributed by atoms with Crippen LogP contribution in [0.1, 0.15) is 72.1 Å². The van der Waals surface area contributed by atoms with Crippen LogP contribution in [0.5, 0.6) is 11.6 Å². The molecule has 1 amide bonds. The number of piperidine rings is 2. The highest BCUT2D eigenvalue weighted by Crippen LogP contribution is 2.40. The molecule has 54 heavy (non-hydrogen) atoms. The molecule has 5 fully saturated rings. The highest BCUT2D eigenvalue weighted by Gasteiger charge is 2.41. The Morgan fingerprint density at radius 1 is 0.889 bits per heavy atom. The number of para-hydroxylation sites is 1. The summed E-state index contributed by atoms with van der Waals surface area (Å²) in [7, 11) is 0. The Bertz CT molecular complexity index is 1750. The molecule has 3 N–H and O–H groups in total. The van der Waals surface area contributed by atoms with E-state index in [0.717, 1.165) is 109 Å². The van der Waals surface area contributed by atoms with E-state index in [0.29, 0.717) is 47.1 Å². The number of benzene rings is 1. The Hall–Kier alpha value is -4.36. The molecule has 4 saturated heterocycles. The van der Waals surface area contributed by atoms with Crippen molar-refractivity contribution in [3.63, 3.8) is 0 Å². The van der Waals surface area contributed by atoms with Crippen LogP contribution in [0.25, 0.3) is 11.3 Å². The Kier molecular flexibility index (Phi) is 10.4. The lowest BCUT2D eigenvalue weighted by Gasteiger charge is -2.43. The van der Waals surface area contributed by atoms with Gasteiger partial charge in [-0.05, 0) is 89.5 Å². The Labute approximate surface area is 318 Å². The number of hydrogen-bond donors (Lipinski definition) is 2. The maximum absolute atomic E-state index is 12.4. The molecule has 290 valence electrons. The van der Waals surface area contributed by atoms with Crippen molar-refractivity contribution < 1.29 is 24.1 Å². The Morgan fingerprint density at radius 2 is 1.61 bits per heavy atom. The number of ether oxygens (including phenoxy) is 3. The molecule has 2 aromatic heterocycles. The second kappa shape index (κ2) is 15.4. The van der Waals surface area contributed by atoms with Crippen LogP contribution < -0.4 is 20.3 Å². The van der Waals surface area contributed by atoms with Crippen molar-refractivity contribution in [2.45, 2.75) is 108 Å². The number of piperazine rings is 1. The fraction of sp³-hybridized carbons (Fsp3) is 0.610. The molecule has 8 rings (SSSR count). The standard InChI is InChI=1S/C41H56N8O5/c1-41(2,3)54-40(51)47-18-11-27(12-19-47)24-46-16-13-31(14-17-46)52-32-21-33(22-32)53-38-20-28(10-15-43-38)49-29-8-9-30(49)26-48(25-29)36-23-35(44-45-39(36)42)34-6-4-5-7-37(34)50/h4-7,10,15,20,23,27,29-33,50H,8-9,11-14,16-19,21-22,24-26H2,1-3H3,(H2,42,45). The lowest BCUT2D eigenvalue weighted by atomic mass is 9.91. The first-order chi connectivity index (χ1) is 26.0. The van der Waals surface area contributed by atoms with E-state index in [1.165, 1.54) is 0 Å². The number of hydrogen-bond acceptors (Lipinski definition) is 12. The molecule has 5 aliphatic rings. The molecule has 13 nitrogen and oxygen atoms in total. The minimum atomic E-state index is -0.449. The number of rotatable bonds is 9. The second-order valence-corrected chi connectivity index (χ2v) is 16.9. The van der Waals surface area contributed by atoms with Crippen LogP contribution in [0.15, 0.2) is 48.7 Å². The van der Waals surface area contributed by atoms with Crippen LogP contribution in [0.3, 0.4) is 0 Å². The van der Waals surface area contributed by atoms with Gasteiger partial charge in [0, 0.05) is 94.3 Å². The fourth-order valence-electron chi connectivity index (χ4n) is 9.00. The molecule has 4 aliphatic heterocycles. The molecule has 2 atom stereocenters. The first kappa shape index (κ1) is 36.6. The van der Waals surface area contributed by atoms with Gasteiger partial charge < -0.3 is 44.7 Å². The zero-order valence-corrected chi connectivity index (χ0v) is 32.0. The van der Waals surface area contributed by atoms with E-state index in [9.17, 15) is 9.90 Å². The van der Waals surface area contributed by atoms with Gasteiger partial charge in [-0.15, -0.1) is 10.2 Å². The largest absolute Gasteiger partial charge is 0.507 e. The van der Waals surface area contributed by atoms with Gasteiger partial charge in [0.15, 0.2) is 5.82 Å². The number of carbonyl (C=O) groups is 1. The van der Waals surface area contributed by atoms with E-state index >= 15 is 0 Å². The summed E-state index contributed by atoms with van der Waals surface area (Å²) < 4.78 is 18.5. The van der Waals surface area contributed by atoms with Crippen LogP contribution in [0, 0.1) is 5.92 Å². The van der Waals surface area contributed by atoms with Crippen molar-refractivity contribution in [1.82, 2.24) is 25.0 Å². The third-order valence-electron chi connectivity index (χ3n) is 11.9. The zero-order chi connectivity index (χ0) is 37.4. The predicted octanol–water partition coefficient (Wildman–Crippen LogP) is 5.72. The number of phenolic OH excluding ortho intramolecular Hbond substituents is 1. The average molecular weight is 741 g/mol. The van der Waals surface area contributed by atoms with E-state index in [4.69, 9.17) is 19.9 Å². The number of pyridine rings is 1. The summed E-state index contributed by atoms with van der Waals surface area (Å²) in [5.41, 5.74) is 9.17. The van der Waals surface area contributed by atoms with Crippen molar-refractivity contribution in [2.75, 3.05) is 61.3 Å². The number of carbonyl (C=O) groups excluding carboxylic acids is 1. The molecule has 0 spiro atoms. The van der Waals surface area contributed by atoms with Crippen molar-refractivity contribution in [3.05, 3.63) is 48.7 Å². The van der Waals surface area contributed by atoms with Crippen LogP contribution in [-0.2, 0) is 9.47 Å². The van der Waals surface area contributed by atoms with Gasteiger partial charge in [-0.2, -0.15) is 0 Å². The highest BCUT2D eigenvalue weighted by atomic mass is 16.6. The minimum absolute atomic E-state index is 0.123. The van der Waals surface area contributed by atoms with Gasteiger partial charge in [0.2, 0.25) is 5.88 Å². The summed E-state index contributed by atoms with van der Waals surface area (Å²) in [6, 6.07) is 14.0. The summed E-state index contributed by atoms with van der Waals surface area (Å²) in [4.78, 5) is 26.3. The monoisotopic (exact) mass is 740 g/mol. The predicted molar refractivity (Wildman–Crippen MR) is 208 cm³/mol. The number of nitrogen functional groups attached to an aromatic ring is 1. The topological polar surface area (TPSA) is 143 Å². The SMILES string of the molecule is CC(C)(C)OC(=O)N1CCC(CN2CCC(OC3CC(Oc4cc(N5C6CCC5CN(c5cc(-c7ccccc7O)nnc5N)C6)ccn4)C3)CC2)CC1. The molecule has 0 radical (unpaired) electrons. The average Bonchev–Trinajstić information content (AvgIpc) is 3.40. The molecule has 13 heteroatoms. The number of aromatic nitrogens is 3. The molecule has 1 aromatic carbocycles. The summed E-state index contributed by atoms with van der Waals surface area (Å²) in [6.07, 6.45) is 10.6. The molecule has 1 saturated carbocycles. The highest BCUT2D eigenvalue weighted by molar-refractivity contribution is 5.74. The normalized spacial score (nSPS) is 25.4. The lowest BCUT2D eigenvalue weighted by molar-refractivity contribution is -0.111. The van der Waals surface area contributed by atoms with Crippen molar-refractivity contribution in [3.8, 4) is 22.9 Å². The second-order valence-electron chi connectivity index (χ2n) is 16.9. The van der Waals surface area contributed by atoms with Gasteiger partial charge in [-0.1, -0.05) is 12.1 Å². The number of likely N-dealkylation sites (tertiary alicyclic amines) is 2. The molecule has 3 aromatic rings. The van der Waals surface area contributed by atoms with Crippen molar-refractivity contribution in [1.29, 1.82) is 0 Å². The third-order valence-corrected chi connectivity index (χ3v) is 11.9. The smallest absolute Gasteiger partial charge is 0.410 e. The van der Waals surface area contributed by atoms with Gasteiger partial charge in [-0.25, -0.2) is 9.78 Å². The van der Waals surface area contributed by atoms with Crippen molar-refractivity contribution >= 4 is 23.3 Å². The maximum Gasteiger partial charge on any atom is 0.410 e. The Balaban J connectivity index is 0.772. The van der Waals surface area contributed by atoms with E-state index in [-0.39, 0.29) is 24.1 Å². The quantitative estimate of drug-likeness (QED) is 0.277. The van der Waals surface area contributed by atoms with E-state index in [2.05, 4.69) is 42.0 Å². The first-order valence-corrected chi connectivity index (χ1v) is 20.0. The Morgan fingerprint density at radius 3 is 2.31 bits per heavy atom. The molecular weight excluding hydrogens is 685 g/mol. The fourth-order valence-corrected chi connectivity index (χ4v) is 9.00. The van der Waals surface area contributed by atoms with Gasteiger partial charge in [0.1, 0.15) is 17.5 Å². The molecule has 2 unspecified atom stereocenters. The van der Waals surface area contributed by atoms with Crippen LogP contribution in [-0.4, -0.2) is 118 Å². The lowest BCUT2D eigenvalue weighted by Crippen LogP contribution is -2.54. The van der Waals surface area contributed by atoms with Gasteiger partial charge in [-0.3, -0.25) is 0 Å². The number of amides is 1. The van der Waals surface area contributed by atoms with E-state index in [1.54, 1.807) is 12.1 Å². The van der Waals surface area contributed by atoms with E-state index in [1.807, 2.05) is 50.1 Å². The first-order valence-electron chi connectivity index (χ1n) is 20.0. The number of fused-ring (bicyclic) bond motifs is 2. The number of anilines is 3. The van der Waals surface area contributed by atoms with Crippen molar-refractivity contribution in [2.24, 2.45) is 5.92 Å². The minimum Gasteiger partial charge on any atom is -0.507 e. The maximum atomic E-state index is 12.4. The summed E-state index contributed by atoms with van der Waals surface area (Å²) in [5, 5.41) is 18.9. The van der Waals surface area contributed by atoms with Gasteiger partial charge in [0.25, 0.3) is 0 Å². The summed E-state index contributed by atoms with van der Waals surface area (Å²) in [6.45, 7) is 12.2. The molecule has 2 bridgehead atoms. The third kappa shape index (κ3) is 8.31. The summed E-state index contributed by atoms with van der Waals surface area (Å²) >= 11 is 0. The van der Waals surface area contributed by atoms with Gasteiger partial charge >= 0.3 is 6.09 Å². The van der Waals surface area contributed by atoms with Crippen LogP contribution in [0.2, 0.25) is 0 Å². The summed E-state index contributed by atoms with van der Waals surface area (Å²) in [5.74, 6) is 1.89.